The van der Waals surface area contributed by atoms with Crippen molar-refractivity contribution < 1.29 is 0 Å². The minimum absolute atomic E-state index is 0.690. The van der Waals surface area contributed by atoms with E-state index in [1.165, 1.54) is 30.4 Å². The third kappa shape index (κ3) is 5.65. The molecule has 0 unspecified atom stereocenters. The van der Waals surface area contributed by atoms with Gasteiger partial charge >= 0.3 is 0 Å². The van der Waals surface area contributed by atoms with Gasteiger partial charge in [-0.05, 0) is 43.7 Å². The summed E-state index contributed by atoms with van der Waals surface area (Å²) in [6, 6.07) is 10.7. The van der Waals surface area contributed by atoms with Crippen molar-refractivity contribution in [1.29, 1.82) is 0 Å². The highest BCUT2D eigenvalue weighted by atomic mass is 35.5. The Balaban J connectivity index is 3.07. The van der Waals surface area contributed by atoms with Crippen LogP contribution in [0.15, 0.2) is 48.1 Å². The van der Waals surface area contributed by atoms with E-state index < -0.39 is 0 Å². The Bertz CT molecular complexity index is 401. The molecule has 0 nitrogen and oxygen atoms in total. The molecule has 0 fully saturated rings. The standard InChI is InChI=1S/C18H25Cl/c1-3-5-10-16(11-6-4-2)18(14-15-19)17-12-8-7-9-13-17/h3,5,7-9,12-13H,4,6,10-11,14-15H2,1-2H3. The van der Waals surface area contributed by atoms with Gasteiger partial charge in [-0.3, -0.25) is 0 Å². The molecule has 1 aromatic carbocycles. The van der Waals surface area contributed by atoms with Crippen molar-refractivity contribution in [1.82, 2.24) is 0 Å². The normalized spacial score (nSPS) is 12.8. The van der Waals surface area contributed by atoms with E-state index in [2.05, 4.69) is 56.3 Å². The first kappa shape index (κ1) is 16.0. The number of hydrogen-bond acceptors (Lipinski definition) is 0. The molecule has 0 saturated carbocycles. The molecular weight excluding hydrogens is 252 g/mol. The van der Waals surface area contributed by atoms with Crippen LogP contribution in [0.5, 0.6) is 0 Å². The number of hydrogen-bond donors (Lipinski definition) is 0. The second-order valence-electron chi connectivity index (χ2n) is 4.76. The van der Waals surface area contributed by atoms with E-state index in [9.17, 15) is 0 Å². The molecule has 0 saturated heterocycles. The van der Waals surface area contributed by atoms with Gasteiger partial charge in [-0.2, -0.15) is 0 Å². The smallest absolute Gasteiger partial charge is 0.0264 e. The summed E-state index contributed by atoms with van der Waals surface area (Å²) in [4.78, 5) is 0. The molecule has 0 aliphatic carbocycles. The average molecular weight is 277 g/mol. The zero-order valence-corrected chi connectivity index (χ0v) is 12.9. The van der Waals surface area contributed by atoms with Crippen molar-refractivity contribution in [2.75, 3.05) is 5.88 Å². The highest BCUT2D eigenvalue weighted by Crippen LogP contribution is 2.28. The van der Waals surface area contributed by atoms with Crippen LogP contribution in [0.25, 0.3) is 5.57 Å². The van der Waals surface area contributed by atoms with Gasteiger partial charge in [-0.25, -0.2) is 0 Å². The quantitative estimate of drug-likeness (QED) is 0.390. The molecule has 0 heterocycles. The molecule has 1 heteroatoms. The van der Waals surface area contributed by atoms with Gasteiger partial charge < -0.3 is 0 Å². The molecule has 19 heavy (non-hydrogen) atoms. The van der Waals surface area contributed by atoms with E-state index in [0.717, 1.165) is 12.8 Å². The summed E-state index contributed by atoms with van der Waals surface area (Å²) < 4.78 is 0. The number of rotatable bonds is 8. The molecule has 0 bridgehead atoms. The Labute approximate surface area is 123 Å². The van der Waals surface area contributed by atoms with Gasteiger partial charge in [0.1, 0.15) is 0 Å². The predicted octanol–water partition coefficient (Wildman–Crippen LogP) is 6.23. The molecule has 0 aliphatic heterocycles. The van der Waals surface area contributed by atoms with E-state index in [1.807, 2.05) is 0 Å². The summed E-state index contributed by atoms with van der Waals surface area (Å²) in [6.45, 7) is 4.33. The van der Waals surface area contributed by atoms with Crippen LogP contribution in [0.3, 0.4) is 0 Å². The maximum Gasteiger partial charge on any atom is 0.0264 e. The molecule has 1 rings (SSSR count). The molecule has 0 spiro atoms. The van der Waals surface area contributed by atoms with Gasteiger partial charge in [0.15, 0.2) is 0 Å². The van der Waals surface area contributed by atoms with E-state index in [0.29, 0.717) is 5.88 Å². The topological polar surface area (TPSA) is 0 Å². The Hall–Kier alpha value is -1.01. The summed E-state index contributed by atoms with van der Waals surface area (Å²) in [6.07, 6.45) is 10.1. The SMILES string of the molecule is CC=CCC(CCCC)=C(CCCl)c1ccccc1. The van der Waals surface area contributed by atoms with Crippen LogP contribution in [0.1, 0.15) is 51.5 Å². The van der Waals surface area contributed by atoms with E-state index in [-0.39, 0.29) is 0 Å². The summed E-state index contributed by atoms with van der Waals surface area (Å²) in [7, 11) is 0. The lowest BCUT2D eigenvalue weighted by atomic mass is 9.92. The molecule has 1 aromatic rings. The number of allylic oxidation sites excluding steroid dienone is 4. The number of alkyl halides is 1. The van der Waals surface area contributed by atoms with Gasteiger partial charge in [0.05, 0.1) is 0 Å². The van der Waals surface area contributed by atoms with Crippen LogP contribution in [-0.2, 0) is 0 Å². The highest BCUT2D eigenvalue weighted by molar-refractivity contribution is 6.18. The summed E-state index contributed by atoms with van der Waals surface area (Å²) >= 11 is 6.01. The van der Waals surface area contributed by atoms with Crippen molar-refractivity contribution in [3.63, 3.8) is 0 Å². The molecule has 0 aromatic heterocycles. The lowest BCUT2D eigenvalue weighted by molar-refractivity contribution is 0.774. The first-order chi connectivity index (χ1) is 9.33. The van der Waals surface area contributed by atoms with Crippen LogP contribution in [-0.4, -0.2) is 5.88 Å². The Kier molecular flexibility index (Phi) is 8.33. The summed E-state index contributed by atoms with van der Waals surface area (Å²) in [5.74, 6) is 0.690. The van der Waals surface area contributed by atoms with Crippen molar-refractivity contribution in [3.8, 4) is 0 Å². The Morgan fingerprint density at radius 1 is 1.16 bits per heavy atom. The van der Waals surface area contributed by atoms with Gasteiger partial charge in [-0.15, -0.1) is 11.6 Å². The fourth-order valence-electron chi connectivity index (χ4n) is 2.29. The van der Waals surface area contributed by atoms with E-state index >= 15 is 0 Å². The minimum Gasteiger partial charge on any atom is -0.126 e. The lowest BCUT2D eigenvalue weighted by Gasteiger charge is -2.14. The first-order valence-electron chi connectivity index (χ1n) is 7.26. The van der Waals surface area contributed by atoms with Crippen molar-refractivity contribution in [2.24, 2.45) is 0 Å². The number of unbranched alkanes of at least 4 members (excludes halogenated alkanes) is 1. The fourth-order valence-corrected chi connectivity index (χ4v) is 2.47. The maximum absolute atomic E-state index is 6.01. The van der Waals surface area contributed by atoms with Gasteiger partial charge in [-0.1, -0.05) is 61.4 Å². The zero-order valence-electron chi connectivity index (χ0n) is 12.2. The lowest BCUT2D eigenvalue weighted by Crippen LogP contribution is -1.94. The van der Waals surface area contributed by atoms with Crippen LogP contribution in [0.2, 0.25) is 0 Å². The molecule has 0 amide bonds. The second-order valence-corrected chi connectivity index (χ2v) is 5.14. The second kappa shape index (κ2) is 9.86. The third-order valence-corrected chi connectivity index (χ3v) is 3.51. The molecule has 0 atom stereocenters. The largest absolute Gasteiger partial charge is 0.126 e. The minimum atomic E-state index is 0.690. The molecule has 0 radical (unpaired) electrons. The van der Waals surface area contributed by atoms with E-state index in [1.54, 1.807) is 5.57 Å². The summed E-state index contributed by atoms with van der Waals surface area (Å²) in [5, 5.41) is 0. The van der Waals surface area contributed by atoms with Gasteiger partial charge in [0.25, 0.3) is 0 Å². The van der Waals surface area contributed by atoms with Crippen LogP contribution >= 0.6 is 11.6 Å². The van der Waals surface area contributed by atoms with Crippen molar-refractivity contribution in [3.05, 3.63) is 53.6 Å². The fraction of sp³-hybridized carbons (Fsp3) is 0.444. The molecule has 0 aliphatic rings. The molecule has 104 valence electrons. The maximum atomic E-state index is 6.01. The third-order valence-electron chi connectivity index (χ3n) is 3.33. The average Bonchev–Trinajstić information content (AvgIpc) is 2.46. The number of halogens is 1. The van der Waals surface area contributed by atoms with Crippen molar-refractivity contribution in [2.45, 2.75) is 46.0 Å². The van der Waals surface area contributed by atoms with Gasteiger partial charge in [0.2, 0.25) is 0 Å². The zero-order chi connectivity index (χ0) is 13.9. The number of benzene rings is 1. The summed E-state index contributed by atoms with van der Waals surface area (Å²) in [5.41, 5.74) is 4.33. The van der Waals surface area contributed by atoms with Crippen LogP contribution < -0.4 is 0 Å². The Morgan fingerprint density at radius 3 is 2.47 bits per heavy atom. The van der Waals surface area contributed by atoms with Gasteiger partial charge in [0, 0.05) is 5.88 Å². The Morgan fingerprint density at radius 2 is 1.89 bits per heavy atom. The van der Waals surface area contributed by atoms with Crippen molar-refractivity contribution >= 4 is 17.2 Å². The molecule has 0 N–H and O–H groups in total. The van der Waals surface area contributed by atoms with Crippen LogP contribution in [0.4, 0.5) is 0 Å². The van der Waals surface area contributed by atoms with Crippen LogP contribution in [0, 0.1) is 0 Å². The highest BCUT2D eigenvalue weighted by Gasteiger charge is 2.08. The predicted molar refractivity (Wildman–Crippen MR) is 87.7 cm³/mol. The van der Waals surface area contributed by atoms with E-state index in [4.69, 9.17) is 11.6 Å². The molecular formula is C18H25Cl. The first-order valence-corrected chi connectivity index (χ1v) is 7.80. The monoisotopic (exact) mass is 276 g/mol.